The number of aromatic hydroxyl groups is 1. The molecule has 0 bridgehead atoms. The highest BCUT2D eigenvalue weighted by atomic mass is 35.5. The Hall–Kier alpha value is -2.33. The van der Waals surface area contributed by atoms with E-state index in [0.29, 0.717) is 21.9 Å². The van der Waals surface area contributed by atoms with E-state index in [1.807, 2.05) is 19.1 Å². The first kappa shape index (κ1) is 15.1. The van der Waals surface area contributed by atoms with Crippen molar-refractivity contribution in [2.75, 3.05) is 0 Å². The van der Waals surface area contributed by atoms with Crippen LogP contribution in [0.25, 0.3) is 0 Å². The van der Waals surface area contributed by atoms with E-state index in [4.69, 9.17) is 11.6 Å². The highest BCUT2D eigenvalue weighted by molar-refractivity contribution is 6.30. The molecule has 21 heavy (non-hydrogen) atoms. The van der Waals surface area contributed by atoms with Crippen molar-refractivity contribution in [3.8, 4) is 5.75 Å². The summed E-state index contributed by atoms with van der Waals surface area (Å²) in [5.41, 5.74) is 5.08. The molecule has 5 heteroatoms. The minimum absolute atomic E-state index is 0.0216. The second-order valence-corrected chi connectivity index (χ2v) is 5.10. The molecule has 0 radical (unpaired) electrons. The molecule has 4 nitrogen and oxygen atoms in total. The zero-order chi connectivity index (χ0) is 15.4. The van der Waals surface area contributed by atoms with Gasteiger partial charge in [-0.1, -0.05) is 29.3 Å². The lowest BCUT2D eigenvalue weighted by molar-refractivity contribution is 0.0955. The molecule has 0 unspecified atom stereocenters. The maximum absolute atomic E-state index is 11.9. The van der Waals surface area contributed by atoms with Gasteiger partial charge in [0.25, 0.3) is 5.91 Å². The average Bonchev–Trinajstić information content (AvgIpc) is 2.45. The lowest BCUT2D eigenvalue weighted by Gasteiger charge is -2.05. The second kappa shape index (κ2) is 6.41. The number of hydrogen-bond acceptors (Lipinski definition) is 3. The van der Waals surface area contributed by atoms with Gasteiger partial charge in [-0.25, -0.2) is 5.43 Å². The molecule has 0 aliphatic carbocycles. The van der Waals surface area contributed by atoms with Crippen LogP contribution >= 0.6 is 11.6 Å². The lowest BCUT2D eigenvalue weighted by Crippen LogP contribution is -2.19. The first-order valence-electron chi connectivity index (χ1n) is 6.37. The topological polar surface area (TPSA) is 61.7 Å². The summed E-state index contributed by atoms with van der Waals surface area (Å²) in [5.74, 6) is -0.281. The summed E-state index contributed by atoms with van der Waals surface area (Å²) in [5, 5.41) is 14.2. The number of rotatable bonds is 3. The number of nitrogens with zero attached hydrogens (tertiary/aromatic N) is 1. The third-order valence-corrected chi connectivity index (χ3v) is 3.22. The van der Waals surface area contributed by atoms with Crippen LogP contribution in [-0.4, -0.2) is 16.7 Å². The van der Waals surface area contributed by atoms with Crippen molar-refractivity contribution in [3.63, 3.8) is 0 Å². The third-order valence-electron chi connectivity index (χ3n) is 2.99. The van der Waals surface area contributed by atoms with E-state index in [2.05, 4.69) is 10.5 Å². The predicted molar refractivity (Wildman–Crippen MR) is 84.0 cm³/mol. The number of amides is 1. The summed E-state index contributed by atoms with van der Waals surface area (Å²) in [7, 11) is 0. The van der Waals surface area contributed by atoms with E-state index in [0.717, 1.165) is 5.56 Å². The first-order chi connectivity index (χ1) is 9.97. The van der Waals surface area contributed by atoms with Gasteiger partial charge in [0.1, 0.15) is 5.75 Å². The van der Waals surface area contributed by atoms with Crippen LogP contribution < -0.4 is 5.43 Å². The van der Waals surface area contributed by atoms with Gasteiger partial charge in [0.2, 0.25) is 0 Å². The van der Waals surface area contributed by atoms with Crippen molar-refractivity contribution in [1.82, 2.24) is 5.43 Å². The molecule has 0 aliphatic heterocycles. The Bertz CT molecular complexity index is 694. The second-order valence-electron chi connectivity index (χ2n) is 4.67. The molecule has 2 N–H and O–H groups in total. The van der Waals surface area contributed by atoms with Crippen molar-refractivity contribution >= 4 is 23.2 Å². The number of carbonyl (C=O) groups is 1. The number of nitrogens with one attached hydrogen (secondary N) is 1. The predicted octanol–water partition coefficient (Wildman–Crippen LogP) is 3.51. The van der Waals surface area contributed by atoms with E-state index >= 15 is 0 Å². The van der Waals surface area contributed by atoms with Gasteiger partial charge in [0.05, 0.1) is 5.71 Å². The van der Waals surface area contributed by atoms with E-state index in [-0.39, 0.29) is 11.7 Å². The van der Waals surface area contributed by atoms with Gasteiger partial charge in [-0.3, -0.25) is 4.79 Å². The Labute approximate surface area is 128 Å². The number of hydrogen-bond donors (Lipinski definition) is 2. The number of benzene rings is 2. The quantitative estimate of drug-likeness (QED) is 0.673. The van der Waals surface area contributed by atoms with Crippen molar-refractivity contribution in [3.05, 3.63) is 64.2 Å². The molecule has 0 aromatic heterocycles. The molecule has 0 aliphatic rings. The molecule has 0 atom stereocenters. The molecule has 1 amide bonds. The van der Waals surface area contributed by atoms with Crippen molar-refractivity contribution < 1.29 is 9.90 Å². The van der Waals surface area contributed by atoms with Crippen molar-refractivity contribution in [2.45, 2.75) is 13.8 Å². The Morgan fingerprint density at radius 2 is 1.86 bits per heavy atom. The number of halogens is 1. The zero-order valence-electron chi connectivity index (χ0n) is 11.7. The molecular formula is C16H15ClN2O2. The minimum atomic E-state index is -0.303. The van der Waals surface area contributed by atoms with Crippen LogP contribution in [0.4, 0.5) is 0 Å². The number of aryl methyl sites for hydroxylation is 1. The van der Waals surface area contributed by atoms with Gasteiger partial charge in [0, 0.05) is 16.1 Å². The minimum Gasteiger partial charge on any atom is -0.507 e. The summed E-state index contributed by atoms with van der Waals surface area (Å²) in [6, 6.07) is 11.9. The molecule has 0 fully saturated rings. The fourth-order valence-electron chi connectivity index (χ4n) is 1.78. The maximum atomic E-state index is 11.9. The van der Waals surface area contributed by atoms with E-state index in [9.17, 15) is 9.90 Å². The summed E-state index contributed by atoms with van der Waals surface area (Å²) in [6.45, 7) is 3.64. The van der Waals surface area contributed by atoms with Crippen LogP contribution in [-0.2, 0) is 0 Å². The number of phenols is 1. The molecule has 0 saturated heterocycles. The highest BCUT2D eigenvalue weighted by Gasteiger charge is 2.07. The smallest absolute Gasteiger partial charge is 0.271 e. The van der Waals surface area contributed by atoms with Crippen molar-refractivity contribution in [2.24, 2.45) is 5.10 Å². The lowest BCUT2D eigenvalue weighted by atomic mass is 10.1. The third kappa shape index (κ3) is 3.83. The van der Waals surface area contributed by atoms with Crippen LogP contribution in [0, 0.1) is 6.92 Å². The van der Waals surface area contributed by atoms with Gasteiger partial charge < -0.3 is 5.11 Å². The van der Waals surface area contributed by atoms with Gasteiger partial charge in [-0.2, -0.15) is 5.10 Å². The Morgan fingerprint density at radius 3 is 2.48 bits per heavy atom. The number of hydrazone groups is 1. The largest absolute Gasteiger partial charge is 0.507 e. The normalized spacial score (nSPS) is 11.3. The first-order valence-corrected chi connectivity index (χ1v) is 6.75. The van der Waals surface area contributed by atoms with Crippen LogP contribution in [0.15, 0.2) is 47.6 Å². The molecule has 2 aromatic rings. The molecule has 108 valence electrons. The molecule has 0 spiro atoms. The maximum Gasteiger partial charge on any atom is 0.271 e. The Kier molecular flexibility index (Phi) is 4.60. The average molecular weight is 303 g/mol. The van der Waals surface area contributed by atoms with Crippen LogP contribution in [0.2, 0.25) is 5.02 Å². The van der Waals surface area contributed by atoms with E-state index in [1.165, 1.54) is 6.07 Å². The molecule has 0 heterocycles. The summed E-state index contributed by atoms with van der Waals surface area (Å²) < 4.78 is 0. The zero-order valence-corrected chi connectivity index (χ0v) is 12.5. The van der Waals surface area contributed by atoms with Crippen molar-refractivity contribution in [1.29, 1.82) is 0 Å². The fourth-order valence-corrected chi connectivity index (χ4v) is 1.94. The summed E-state index contributed by atoms with van der Waals surface area (Å²) >= 11 is 5.77. The number of phenolic OH excluding ortho intramolecular Hbond substituents is 1. The van der Waals surface area contributed by atoms with Crippen LogP contribution in [0.5, 0.6) is 5.75 Å². The van der Waals surface area contributed by atoms with E-state index in [1.54, 1.807) is 31.2 Å². The van der Waals surface area contributed by atoms with E-state index < -0.39 is 0 Å². The molecule has 2 aromatic carbocycles. The standard InChI is InChI=1S/C16H15ClN2O2/c1-10-3-5-12(6-4-10)16(21)19-18-11(2)14-8-7-13(17)9-15(14)20/h3-9,20H,1-2H3,(H,19,21). The Balaban J connectivity index is 2.12. The van der Waals surface area contributed by atoms with Crippen LogP contribution in [0.1, 0.15) is 28.4 Å². The summed E-state index contributed by atoms with van der Waals surface area (Å²) in [6.07, 6.45) is 0. The van der Waals surface area contributed by atoms with Gasteiger partial charge in [-0.05, 0) is 44.2 Å². The van der Waals surface area contributed by atoms with Gasteiger partial charge >= 0.3 is 0 Å². The fraction of sp³-hybridized carbons (Fsp3) is 0.125. The summed E-state index contributed by atoms with van der Waals surface area (Å²) in [4.78, 5) is 11.9. The van der Waals surface area contributed by atoms with Gasteiger partial charge in [0.15, 0.2) is 0 Å². The molecular weight excluding hydrogens is 288 g/mol. The molecule has 2 rings (SSSR count). The highest BCUT2D eigenvalue weighted by Crippen LogP contribution is 2.22. The van der Waals surface area contributed by atoms with Gasteiger partial charge in [-0.15, -0.1) is 0 Å². The SMILES string of the molecule is CC(=NNC(=O)c1ccc(C)cc1)c1ccc(Cl)cc1O. The monoisotopic (exact) mass is 302 g/mol. The Morgan fingerprint density at radius 1 is 1.19 bits per heavy atom. The number of carbonyl (C=O) groups excluding carboxylic acids is 1. The van der Waals surface area contributed by atoms with Crippen LogP contribution in [0.3, 0.4) is 0 Å². The molecule has 0 saturated carbocycles.